The van der Waals surface area contributed by atoms with Gasteiger partial charge in [0.05, 0.1) is 6.10 Å². The van der Waals surface area contributed by atoms with Crippen molar-refractivity contribution in [2.75, 3.05) is 5.32 Å². The molecule has 5 atom stereocenters. The molecule has 0 saturated heterocycles. The van der Waals surface area contributed by atoms with Gasteiger partial charge in [0.1, 0.15) is 11.9 Å². The number of anilines is 1. The summed E-state index contributed by atoms with van der Waals surface area (Å²) in [7, 11) is 0. The number of rotatable bonds is 3. The van der Waals surface area contributed by atoms with Crippen LogP contribution in [0.3, 0.4) is 0 Å². The van der Waals surface area contributed by atoms with Crippen LogP contribution in [0.2, 0.25) is 5.02 Å². The van der Waals surface area contributed by atoms with Gasteiger partial charge in [-0.2, -0.15) is 0 Å². The maximum absolute atomic E-state index is 11.4. The summed E-state index contributed by atoms with van der Waals surface area (Å²) in [5, 5.41) is 12.9. The fourth-order valence-electron chi connectivity index (χ4n) is 6.84. The number of hydrogen-bond acceptors (Lipinski definition) is 5. The van der Waals surface area contributed by atoms with Crippen molar-refractivity contribution < 1.29 is 24.2 Å². The number of nitrogens with one attached hydrogen (secondary N) is 1. The van der Waals surface area contributed by atoms with Crippen molar-refractivity contribution in [3.63, 3.8) is 0 Å². The quantitative estimate of drug-likeness (QED) is 0.404. The molecule has 7 heteroatoms. The number of fused-ring (bicyclic) bond motifs is 5. The van der Waals surface area contributed by atoms with Gasteiger partial charge in [-0.3, -0.25) is 10.1 Å². The Labute approximate surface area is 224 Å². The first kappa shape index (κ1) is 27.3. The van der Waals surface area contributed by atoms with Gasteiger partial charge in [-0.15, -0.1) is 0 Å². The highest BCUT2D eigenvalue weighted by Crippen LogP contribution is 2.61. The number of ether oxygens (including phenoxy) is 2. The summed E-state index contributed by atoms with van der Waals surface area (Å²) in [4.78, 5) is 22.6. The van der Waals surface area contributed by atoms with E-state index >= 15 is 0 Å². The minimum Gasteiger partial charge on any atom is -0.508 e. The molecular formula is C30H38ClNO5. The summed E-state index contributed by atoms with van der Waals surface area (Å²) in [5.41, 5.74) is 3.57. The Morgan fingerprint density at radius 2 is 1.89 bits per heavy atom. The molecule has 0 radical (unpaired) electrons. The van der Waals surface area contributed by atoms with E-state index in [9.17, 15) is 14.7 Å². The second kappa shape index (κ2) is 11.3. The number of benzene rings is 2. The number of esters is 1. The van der Waals surface area contributed by atoms with Crippen LogP contribution in [0.15, 0.2) is 42.5 Å². The summed E-state index contributed by atoms with van der Waals surface area (Å²) in [6, 6.07) is 12.8. The summed E-state index contributed by atoms with van der Waals surface area (Å²) in [6.07, 6.45) is 6.28. The zero-order chi connectivity index (χ0) is 26.7. The van der Waals surface area contributed by atoms with Crippen LogP contribution in [0.1, 0.15) is 76.8 Å². The lowest BCUT2D eigenvalue weighted by atomic mass is 9.55. The summed E-state index contributed by atoms with van der Waals surface area (Å²) in [5.74, 6) is 2.23. The predicted octanol–water partition coefficient (Wildman–Crippen LogP) is 7.48. The lowest BCUT2D eigenvalue weighted by molar-refractivity contribution is -0.154. The number of aromatic hydroxyl groups is 1. The number of amides is 1. The lowest BCUT2D eigenvalue weighted by Crippen LogP contribution is -2.45. The Kier molecular flexibility index (Phi) is 8.37. The van der Waals surface area contributed by atoms with Gasteiger partial charge < -0.3 is 14.6 Å². The van der Waals surface area contributed by atoms with E-state index in [0.717, 1.165) is 19.3 Å². The van der Waals surface area contributed by atoms with E-state index < -0.39 is 6.09 Å². The number of halogens is 1. The van der Waals surface area contributed by atoms with Crippen LogP contribution in [0.4, 0.5) is 10.5 Å². The van der Waals surface area contributed by atoms with Crippen molar-refractivity contribution in [2.24, 2.45) is 17.3 Å². The van der Waals surface area contributed by atoms with E-state index in [4.69, 9.17) is 21.1 Å². The van der Waals surface area contributed by atoms with Crippen LogP contribution >= 0.6 is 11.6 Å². The van der Waals surface area contributed by atoms with Gasteiger partial charge in [0, 0.05) is 23.0 Å². The summed E-state index contributed by atoms with van der Waals surface area (Å²) in [6.45, 7) is 7.46. The molecule has 2 fully saturated rings. The molecule has 37 heavy (non-hydrogen) atoms. The van der Waals surface area contributed by atoms with Gasteiger partial charge in [-0.25, -0.2) is 4.79 Å². The van der Waals surface area contributed by atoms with E-state index in [1.165, 1.54) is 37.3 Å². The van der Waals surface area contributed by atoms with Gasteiger partial charge in [0.15, 0.2) is 0 Å². The molecule has 2 saturated carbocycles. The molecule has 3 aliphatic rings. The molecule has 200 valence electrons. The van der Waals surface area contributed by atoms with Crippen LogP contribution in [-0.2, 0) is 20.7 Å². The van der Waals surface area contributed by atoms with E-state index in [1.807, 2.05) is 12.1 Å². The Bertz CT molecular complexity index is 1130. The molecule has 6 nitrogen and oxygen atoms in total. The molecule has 5 unspecified atom stereocenters. The number of hydrogen-bond donors (Lipinski definition) is 2. The molecule has 0 spiro atoms. The van der Waals surface area contributed by atoms with Crippen molar-refractivity contribution in [3.05, 3.63) is 58.6 Å². The summed E-state index contributed by atoms with van der Waals surface area (Å²) < 4.78 is 10.6. The maximum atomic E-state index is 11.4. The zero-order valence-corrected chi connectivity index (χ0v) is 22.9. The van der Waals surface area contributed by atoms with Crippen molar-refractivity contribution in [1.29, 1.82) is 0 Å². The van der Waals surface area contributed by atoms with Crippen LogP contribution in [0.5, 0.6) is 5.75 Å². The SMILES string of the molecule is CC(=O)OC1CCC2C3CCc4cc(O)ccc4C3CCC12C.CC(C)OC(=O)Nc1cccc(Cl)c1. The van der Waals surface area contributed by atoms with Crippen LogP contribution < -0.4 is 5.32 Å². The van der Waals surface area contributed by atoms with Crippen molar-refractivity contribution >= 4 is 29.4 Å². The topological polar surface area (TPSA) is 84.9 Å². The second-order valence-electron chi connectivity index (χ2n) is 11.1. The number of phenols is 1. The van der Waals surface area contributed by atoms with Gasteiger partial charge in [-0.1, -0.05) is 30.7 Å². The third kappa shape index (κ3) is 6.23. The fourth-order valence-corrected chi connectivity index (χ4v) is 7.03. The second-order valence-corrected chi connectivity index (χ2v) is 11.5. The van der Waals surface area contributed by atoms with E-state index in [2.05, 4.69) is 18.3 Å². The van der Waals surface area contributed by atoms with Gasteiger partial charge >= 0.3 is 12.1 Å². The first-order chi connectivity index (χ1) is 17.6. The summed E-state index contributed by atoms with van der Waals surface area (Å²) >= 11 is 5.74. The molecule has 0 heterocycles. The van der Waals surface area contributed by atoms with E-state index in [1.54, 1.807) is 38.1 Å². The first-order valence-corrected chi connectivity index (χ1v) is 13.7. The molecule has 1 amide bonds. The molecular weight excluding hydrogens is 490 g/mol. The molecule has 3 aliphatic carbocycles. The third-order valence-corrected chi connectivity index (χ3v) is 8.58. The maximum Gasteiger partial charge on any atom is 0.411 e. The average molecular weight is 528 g/mol. The average Bonchev–Trinajstić information content (AvgIpc) is 3.14. The standard InChI is InChI=1S/C20H26O3.C10H12ClNO2/c1-12(21)23-19-8-7-18-17-5-3-13-11-14(22)4-6-15(13)16(17)9-10-20(18,19)2;1-7(2)14-10(13)12-9-5-3-4-8(11)6-9/h4,6,11,16-19,22H,3,5,7-10H2,1-2H3;3-7H,1-2H3,(H,12,13). The molecule has 0 aromatic heterocycles. The fraction of sp³-hybridized carbons (Fsp3) is 0.533. The highest BCUT2D eigenvalue weighted by molar-refractivity contribution is 6.30. The molecule has 2 aromatic rings. The van der Waals surface area contributed by atoms with Crippen molar-refractivity contribution in [1.82, 2.24) is 0 Å². The first-order valence-electron chi connectivity index (χ1n) is 13.3. The number of carbonyl (C=O) groups excluding carboxylic acids is 2. The monoisotopic (exact) mass is 527 g/mol. The molecule has 2 N–H and O–H groups in total. The van der Waals surface area contributed by atoms with Gasteiger partial charge in [0.25, 0.3) is 0 Å². The zero-order valence-electron chi connectivity index (χ0n) is 22.1. The molecule has 5 rings (SSSR count). The van der Waals surface area contributed by atoms with Crippen molar-refractivity contribution in [2.45, 2.75) is 84.3 Å². The van der Waals surface area contributed by atoms with E-state index in [-0.39, 0.29) is 23.6 Å². The predicted molar refractivity (Wildman–Crippen MR) is 145 cm³/mol. The molecule has 0 aliphatic heterocycles. The molecule has 2 aromatic carbocycles. The van der Waals surface area contributed by atoms with E-state index in [0.29, 0.717) is 34.2 Å². The third-order valence-electron chi connectivity index (χ3n) is 8.35. The smallest absolute Gasteiger partial charge is 0.411 e. The minimum absolute atomic E-state index is 0.104. The minimum atomic E-state index is -0.470. The number of phenolic OH excluding ortho intramolecular Hbond substituents is 1. The Balaban J connectivity index is 0.000000197. The number of aryl methyl sites for hydroxylation is 1. The van der Waals surface area contributed by atoms with Gasteiger partial charge in [-0.05, 0) is 112 Å². The highest BCUT2D eigenvalue weighted by atomic mass is 35.5. The largest absolute Gasteiger partial charge is 0.508 e. The highest BCUT2D eigenvalue weighted by Gasteiger charge is 2.56. The molecule has 0 bridgehead atoms. The lowest BCUT2D eigenvalue weighted by Gasteiger charge is -2.50. The Morgan fingerprint density at radius 1 is 1.11 bits per heavy atom. The Morgan fingerprint density at radius 3 is 2.59 bits per heavy atom. The Hall–Kier alpha value is -2.73. The van der Waals surface area contributed by atoms with Crippen molar-refractivity contribution in [3.8, 4) is 5.75 Å². The normalized spacial score (nSPS) is 27.6. The number of carbonyl (C=O) groups is 2. The van der Waals surface area contributed by atoms with Crippen LogP contribution in [-0.4, -0.2) is 29.4 Å². The van der Waals surface area contributed by atoms with Crippen LogP contribution in [0, 0.1) is 17.3 Å². The van der Waals surface area contributed by atoms with Gasteiger partial charge in [0.2, 0.25) is 0 Å². The van der Waals surface area contributed by atoms with Crippen LogP contribution in [0.25, 0.3) is 0 Å².